The minimum Gasteiger partial charge on any atom is -0.337 e. The summed E-state index contributed by atoms with van der Waals surface area (Å²) in [4.78, 5) is 14.2. The number of nitriles is 1. The molecule has 1 atom stereocenters. The van der Waals surface area contributed by atoms with Crippen molar-refractivity contribution in [3.63, 3.8) is 0 Å². The number of likely N-dealkylation sites (tertiary alicyclic amines) is 1. The summed E-state index contributed by atoms with van der Waals surface area (Å²) in [6.45, 7) is 0.990. The molecule has 0 radical (unpaired) electrons. The van der Waals surface area contributed by atoms with Crippen molar-refractivity contribution in [1.82, 2.24) is 4.90 Å². The number of alkyl halides is 3. The number of amides is 1. The summed E-state index contributed by atoms with van der Waals surface area (Å²) >= 11 is 0. The van der Waals surface area contributed by atoms with Crippen LogP contribution in [0, 0.1) is 17.2 Å². The predicted octanol–water partition coefficient (Wildman–Crippen LogP) is 4.75. The fourth-order valence-electron chi connectivity index (χ4n) is 3.22. The van der Waals surface area contributed by atoms with Gasteiger partial charge in [-0.1, -0.05) is 30.3 Å². The molecular formula is C20H17F3N2O. The summed E-state index contributed by atoms with van der Waals surface area (Å²) in [6, 6.07) is 13.7. The van der Waals surface area contributed by atoms with E-state index in [9.17, 15) is 18.0 Å². The lowest BCUT2D eigenvalue weighted by atomic mass is 9.97. The number of hydrogen-bond acceptors (Lipinski definition) is 2. The van der Waals surface area contributed by atoms with Crippen molar-refractivity contribution in [2.24, 2.45) is 5.92 Å². The first-order valence-electron chi connectivity index (χ1n) is 8.35. The summed E-state index contributed by atoms with van der Waals surface area (Å²) in [5.41, 5.74) is 0.202. The van der Waals surface area contributed by atoms with Crippen molar-refractivity contribution in [3.8, 4) is 17.2 Å². The topological polar surface area (TPSA) is 44.1 Å². The molecule has 0 aromatic heterocycles. The highest BCUT2D eigenvalue weighted by Gasteiger charge is 2.33. The Labute approximate surface area is 149 Å². The standard InChI is InChI=1S/C20H17F3N2O/c21-20(22,23)18-6-2-1-5-17(18)15-7-9-16(10-8-15)19(26)25-11-3-4-14(12-24)13-25/h1-2,5-10,14H,3-4,11,13H2/t14-/m0/s1. The van der Waals surface area contributed by atoms with Crippen molar-refractivity contribution >= 4 is 5.91 Å². The normalized spacial score (nSPS) is 17.6. The highest BCUT2D eigenvalue weighted by Crippen LogP contribution is 2.37. The van der Waals surface area contributed by atoms with Crippen LogP contribution in [-0.2, 0) is 6.18 Å². The Kier molecular flexibility index (Phi) is 4.99. The van der Waals surface area contributed by atoms with Gasteiger partial charge in [-0.15, -0.1) is 0 Å². The Bertz CT molecular complexity index is 837. The van der Waals surface area contributed by atoms with Gasteiger partial charge in [-0.05, 0) is 42.2 Å². The van der Waals surface area contributed by atoms with Crippen LogP contribution >= 0.6 is 0 Å². The third-order valence-electron chi connectivity index (χ3n) is 4.57. The van der Waals surface area contributed by atoms with Crippen molar-refractivity contribution in [2.75, 3.05) is 13.1 Å². The molecular weight excluding hydrogens is 341 g/mol. The highest BCUT2D eigenvalue weighted by atomic mass is 19.4. The molecule has 3 nitrogen and oxygen atoms in total. The lowest BCUT2D eigenvalue weighted by Gasteiger charge is -2.29. The number of rotatable bonds is 2. The second-order valence-corrected chi connectivity index (χ2v) is 6.34. The van der Waals surface area contributed by atoms with Crippen LogP contribution in [0.3, 0.4) is 0 Å². The van der Waals surface area contributed by atoms with Gasteiger partial charge in [0.1, 0.15) is 0 Å². The number of carbonyl (C=O) groups excluding carboxylic acids is 1. The number of nitrogens with zero attached hydrogens (tertiary/aromatic N) is 2. The van der Waals surface area contributed by atoms with Crippen LogP contribution in [0.15, 0.2) is 48.5 Å². The van der Waals surface area contributed by atoms with Crippen LogP contribution in [0.4, 0.5) is 13.2 Å². The third kappa shape index (κ3) is 3.72. The summed E-state index contributed by atoms with van der Waals surface area (Å²) in [5.74, 6) is -0.355. The minimum absolute atomic E-state index is 0.0847. The average molecular weight is 358 g/mol. The van der Waals surface area contributed by atoms with Gasteiger partial charge >= 0.3 is 6.18 Å². The molecule has 6 heteroatoms. The van der Waals surface area contributed by atoms with Crippen LogP contribution in [0.5, 0.6) is 0 Å². The van der Waals surface area contributed by atoms with Crippen molar-refractivity contribution in [2.45, 2.75) is 19.0 Å². The number of halogens is 3. The molecule has 0 unspecified atom stereocenters. The van der Waals surface area contributed by atoms with Gasteiger partial charge in [0.05, 0.1) is 17.6 Å². The molecule has 26 heavy (non-hydrogen) atoms. The van der Waals surface area contributed by atoms with Crippen molar-refractivity contribution in [1.29, 1.82) is 5.26 Å². The Morgan fingerprint density at radius 3 is 2.46 bits per heavy atom. The van der Waals surface area contributed by atoms with Gasteiger partial charge in [-0.25, -0.2) is 0 Å². The van der Waals surface area contributed by atoms with Crippen LogP contribution in [0.25, 0.3) is 11.1 Å². The zero-order valence-electron chi connectivity index (χ0n) is 14.0. The maximum Gasteiger partial charge on any atom is 0.417 e. The molecule has 1 aliphatic heterocycles. The van der Waals surface area contributed by atoms with E-state index in [0.29, 0.717) is 24.2 Å². The Morgan fingerprint density at radius 2 is 1.81 bits per heavy atom. The summed E-state index contributed by atoms with van der Waals surface area (Å²) in [5, 5.41) is 9.04. The fraction of sp³-hybridized carbons (Fsp3) is 0.300. The van der Waals surface area contributed by atoms with E-state index in [1.807, 2.05) is 0 Å². The summed E-state index contributed by atoms with van der Waals surface area (Å²) < 4.78 is 39.5. The van der Waals surface area contributed by atoms with E-state index in [2.05, 4.69) is 6.07 Å². The van der Waals surface area contributed by atoms with E-state index in [0.717, 1.165) is 18.9 Å². The van der Waals surface area contributed by atoms with Gasteiger partial charge in [0, 0.05) is 18.7 Å². The van der Waals surface area contributed by atoms with E-state index in [4.69, 9.17) is 5.26 Å². The van der Waals surface area contributed by atoms with Crippen LogP contribution in [0.2, 0.25) is 0 Å². The molecule has 0 saturated carbocycles. The average Bonchev–Trinajstić information content (AvgIpc) is 2.67. The zero-order chi connectivity index (χ0) is 18.7. The quantitative estimate of drug-likeness (QED) is 0.778. The van der Waals surface area contributed by atoms with Crippen LogP contribution in [0.1, 0.15) is 28.8 Å². The molecule has 0 aliphatic carbocycles. The van der Waals surface area contributed by atoms with Gasteiger partial charge in [0.15, 0.2) is 0 Å². The van der Waals surface area contributed by atoms with Crippen molar-refractivity contribution < 1.29 is 18.0 Å². The minimum atomic E-state index is -4.44. The summed E-state index contributed by atoms with van der Waals surface area (Å²) in [6.07, 6.45) is -2.88. The maximum absolute atomic E-state index is 13.2. The molecule has 3 rings (SSSR count). The Balaban J connectivity index is 1.84. The fourth-order valence-corrected chi connectivity index (χ4v) is 3.22. The molecule has 2 aromatic carbocycles. The molecule has 1 amide bonds. The molecule has 134 valence electrons. The second-order valence-electron chi connectivity index (χ2n) is 6.34. The lowest BCUT2D eigenvalue weighted by molar-refractivity contribution is -0.137. The molecule has 2 aromatic rings. The number of piperidine rings is 1. The molecule has 1 fully saturated rings. The monoisotopic (exact) mass is 358 g/mol. The smallest absolute Gasteiger partial charge is 0.337 e. The number of benzene rings is 2. The molecule has 0 N–H and O–H groups in total. The number of hydrogen-bond donors (Lipinski definition) is 0. The van der Waals surface area contributed by atoms with Crippen LogP contribution < -0.4 is 0 Å². The molecule has 1 heterocycles. The first-order chi connectivity index (χ1) is 12.4. The van der Waals surface area contributed by atoms with E-state index >= 15 is 0 Å². The lowest BCUT2D eigenvalue weighted by Crippen LogP contribution is -2.39. The Morgan fingerprint density at radius 1 is 1.12 bits per heavy atom. The first-order valence-corrected chi connectivity index (χ1v) is 8.35. The molecule has 0 spiro atoms. The molecule has 0 bridgehead atoms. The van der Waals surface area contributed by atoms with Crippen molar-refractivity contribution in [3.05, 3.63) is 59.7 Å². The molecule has 1 saturated heterocycles. The van der Waals surface area contributed by atoms with Gasteiger partial charge < -0.3 is 4.90 Å². The second kappa shape index (κ2) is 7.20. The molecule has 1 aliphatic rings. The first kappa shape index (κ1) is 18.0. The largest absolute Gasteiger partial charge is 0.417 e. The predicted molar refractivity (Wildman–Crippen MR) is 91.1 cm³/mol. The Hall–Kier alpha value is -2.81. The van der Waals surface area contributed by atoms with Gasteiger partial charge in [0.2, 0.25) is 0 Å². The van der Waals surface area contributed by atoms with E-state index in [-0.39, 0.29) is 17.4 Å². The van der Waals surface area contributed by atoms with Crippen LogP contribution in [-0.4, -0.2) is 23.9 Å². The third-order valence-corrected chi connectivity index (χ3v) is 4.57. The van der Waals surface area contributed by atoms with E-state index in [1.54, 1.807) is 23.1 Å². The highest BCUT2D eigenvalue weighted by molar-refractivity contribution is 5.94. The van der Waals surface area contributed by atoms with Gasteiger partial charge in [-0.3, -0.25) is 4.79 Å². The van der Waals surface area contributed by atoms with Gasteiger partial charge in [0.25, 0.3) is 5.91 Å². The number of carbonyl (C=O) groups is 1. The van der Waals surface area contributed by atoms with E-state index < -0.39 is 11.7 Å². The van der Waals surface area contributed by atoms with Gasteiger partial charge in [-0.2, -0.15) is 18.4 Å². The SMILES string of the molecule is N#C[C@@H]1CCCN(C(=O)c2ccc(-c3ccccc3C(F)(F)F)cc2)C1. The maximum atomic E-state index is 13.2. The zero-order valence-corrected chi connectivity index (χ0v) is 14.0. The van der Waals surface area contributed by atoms with E-state index in [1.165, 1.54) is 24.3 Å². The summed E-state index contributed by atoms with van der Waals surface area (Å²) in [7, 11) is 0.